The monoisotopic (exact) mass is 391 g/mol. The molecule has 0 unspecified atom stereocenters. The third-order valence-electron chi connectivity index (χ3n) is 3.92. The second-order valence-electron chi connectivity index (χ2n) is 5.50. The van der Waals surface area contributed by atoms with Gasteiger partial charge in [-0.3, -0.25) is 9.59 Å². The zero-order chi connectivity index (χ0) is 18.7. The van der Waals surface area contributed by atoms with Crippen molar-refractivity contribution < 1.29 is 4.79 Å². The maximum absolute atomic E-state index is 12.3. The number of halogens is 1. The lowest BCUT2D eigenvalue weighted by Gasteiger charge is -2.17. The van der Waals surface area contributed by atoms with Crippen LogP contribution in [0.4, 0.5) is 0 Å². The number of H-pyrrole nitrogens is 1. The molecule has 1 aromatic carbocycles. The fourth-order valence-electron chi connectivity index (χ4n) is 2.56. The number of carbonyl (C=O) groups is 1. The van der Waals surface area contributed by atoms with Gasteiger partial charge in [0.1, 0.15) is 5.39 Å². The van der Waals surface area contributed by atoms with Crippen LogP contribution in [0.3, 0.4) is 0 Å². The highest BCUT2D eigenvalue weighted by Crippen LogP contribution is 2.20. The summed E-state index contributed by atoms with van der Waals surface area (Å²) in [5.41, 5.74) is 0.843. The summed E-state index contributed by atoms with van der Waals surface area (Å²) in [4.78, 5) is 33.4. The van der Waals surface area contributed by atoms with Crippen molar-refractivity contribution in [2.75, 3.05) is 18.8 Å². The smallest absolute Gasteiger partial charge is 0.262 e. The number of fused-ring (bicyclic) bond motifs is 1. The van der Waals surface area contributed by atoms with E-state index in [-0.39, 0.29) is 17.2 Å². The van der Waals surface area contributed by atoms with Gasteiger partial charge in [0, 0.05) is 18.1 Å². The fraction of sp³-hybridized carbons (Fsp3) is 0.294. The van der Waals surface area contributed by atoms with E-state index in [2.05, 4.69) is 15.1 Å². The van der Waals surface area contributed by atoms with Crippen molar-refractivity contribution in [2.45, 2.75) is 19.0 Å². The first-order valence-electron chi connectivity index (χ1n) is 8.18. The summed E-state index contributed by atoms with van der Waals surface area (Å²) < 4.78 is 1.56. The van der Waals surface area contributed by atoms with Gasteiger partial charge in [-0.1, -0.05) is 29.4 Å². The number of amides is 1. The summed E-state index contributed by atoms with van der Waals surface area (Å²) in [6.07, 6.45) is 1.47. The van der Waals surface area contributed by atoms with Crippen LogP contribution in [0, 0.1) is 0 Å². The van der Waals surface area contributed by atoms with Crippen molar-refractivity contribution in [3.63, 3.8) is 0 Å². The number of thioether (sulfide) groups is 1. The van der Waals surface area contributed by atoms with Gasteiger partial charge in [-0.25, -0.2) is 9.67 Å². The number of nitrogens with zero attached hydrogens (tertiary/aromatic N) is 4. The quantitative estimate of drug-likeness (QED) is 0.516. The molecule has 0 spiro atoms. The van der Waals surface area contributed by atoms with Gasteiger partial charge in [-0.15, -0.1) is 0 Å². The SMILES string of the molecule is CCN(CC)C(=O)CSc1nc2c(cnn2-c2cccc(Cl)c2)c(=O)[nH]1. The molecule has 26 heavy (non-hydrogen) atoms. The Hall–Kier alpha value is -2.32. The van der Waals surface area contributed by atoms with Gasteiger partial charge in [0.15, 0.2) is 10.8 Å². The molecule has 1 amide bonds. The molecule has 0 aliphatic carbocycles. The lowest BCUT2D eigenvalue weighted by molar-refractivity contribution is -0.127. The second kappa shape index (κ2) is 7.92. The molecule has 0 fully saturated rings. The van der Waals surface area contributed by atoms with Gasteiger partial charge in [0.05, 0.1) is 17.6 Å². The Kier molecular flexibility index (Phi) is 5.63. The van der Waals surface area contributed by atoms with Crippen LogP contribution in [0.25, 0.3) is 16.7 Å². The van der Waals surface area contributed by atoms with E-state index in [9.17, 15) is 9.59 Å². The van der Waals surface area contributed by atoms with Gasteiger partial charge < -0.3 is 9.88 Å². The number of benzene rings is 1. The molecule has 9 heteroatoms. The number of aromatic amines is 1. The Labute approximate surface area is 159 Å². The van der Waals surface area contributed by atoms with E-state index >= 15 is 0 Å². The molecule has 2 aromatic heterocycles. The van der Waals surface area contributed by atoms with Crippen molar-refractivity contribution >= 4 is 40.3 Å². The van der Waals surface area contributed by atoms with Crippen molar-refractivity contribution in [1.29, 1.82) is 0 Å². The summed E-state index contributed by atoms with van der Waals surface area (Å²) in [5, 5.41) is 5.58. The first kappa shape index (κ1) is 18.5. The molecule has 0 atom stereocenters. The van der Waals surface area contributed by atoms with E-state index in [1.165, 1.54) is 18.0 Å². The maximum Gasteiger partial charge on any atom is 0.262 e. The highest BCUT2D eigenvalue weighted by atomic mass is 35.5. The lowest BCUT2D eigenvalue weighted by Crippen LogP contribution is -2.32. The molecule has 0 saturated heterocycles. The van der Waals surface area contributed by atoms with Gasteiger partial charge in [-0.2, -0.15) is 5.10 Å². The predicted octanol–water partition coefficient (Wildman–Crippen LogP) is 2.72. The summed E-state index contributed by atoms with van der Waals surface area (Å²) in [5.74, 6) is 0.215. The van der Waals surface area contributed by atoms with Crippen LogP contribution in [0.15, 0.2) is 40.4 Å². The Morgan fingerprint density at radius 2 is 2.12 bits per heavy atom. The number of rotatable bonds is 6. The van der Waals surface area contributed by atoms with E-state index < -0.39 is 0 Å². The minimum atomic E-state index is -0.291. The molecule has 136 valence electrons. The van der Waals surface area contributed by atoms with Crippen LogP contribution in [0.1, 0.15) is 13.8 Å². The molecular weight excluding hydrogens is 374 g/mol. The maximum atomic E-state index is 12.3. The van der Waals surface area contributed by atoms with E-state index in [4.69, 9.17) is 11.6 Å². The van der Waals surface area contributed by atoms with Crippen LogP contribution in [-0.4, -0.2) is 49.4 Å². The average molecular weight is 392 g/mol. The highest BCUT2D eigenvalue weighted by Gasteiger charge is 2.14. The number of carbonyl (C=O) groups excluding carboxylic acids is 1. The minimum Gasteiger partial charge on any atom is -0.343 e. The molecule has 1 N–H and O–H groups in total. The zero-order valence-electron chi connectivity index (χ0n) is 14.4. The van der Waals surface area contributed by atoms with Crippen LogP contribution < -0.4 is 5.56 Å². The third kappa shape index (κ3) is 3.76. The molecule has 0 radical (unpaired) electrons. The number of aromatic nitrogens is 4. The van der Waals surface area contributed by atoms with Crippen LogP contribution in [-0.2, 0) is 4.79 Å². The van der Waals surface area contributed by atoms with E-state index in [0.717, 1.165) is 0 Å². The summed E-state index contributed by atoms with van der Waals surface area (Å²) in [7, 11) is 0. The average Bonchev–Trinajstić information content (AvgIpc) is 3.05. The Morgan fingerprint density at radius 1 is 1.35 bits per heavy atom. The first-order valence-corrected chi connectivity index (χ1v) is 9.54. The Bertz CT molecular complexity index is 996. The standard InChI is InChI=1S/C17H18ClN5O2S/c1-3-22(4-2)14(24)10-26-17-20-15-13(16(25)21-17)9-19-23(15)12-7-5-6-11(18)8-12/h5-9H,3-4,10H2,1-2H3,(H,20,21,25). The normalized spacial score (nSPS) is 11.0. The minimum absolute atomic E-state index is 0.00564. The van der Waals surface area contributed by atoms with Gasteiger partial charge in [0.2, 0.25) is 5.91 Å². The largest absolute Gasteiger partial charge is 0.343 e. The van der Waals surface area contributed by atoms with E-state index in [0.29, 0.717) is 40.0 Å². The van der Waals surface area contributed by atoms with Crippen molar-refractivity contribution in [1.82, 2.24) is 24.6 Å². The molecule has 3 rings (SSSR count). The molecule has 0 bridgehead atoms. The molecule has 2 heterocycles. The van der Waals surface area contributed by atoms with Crippen LogP contribution in [0.5, 0.6) is 0 Å². The van der Waals surface area contributed by atoms with Crippen molar-refractivity contribution in [3.8, 4) is 5.69 Å². The van der Waals surface area contributed by atoms with Crippen molar-refractivity contribution in [2.24, 2.45) is 0 Å². The second-order valence-corrected chi connectivity index (χ2v) is 6.90. The first-order chi connectivity index (χ1) is 12.5. The Morgan fingerprint density at radius 3 is 2.81 bits per heavy atom. The molecular formula is C17H18ClN5O2S. The molecule has 0 aliphatic rings. The highest BCUT2D eigenvalue weighted by molar-refractivity contribution is 7.99. The summed E-state index contributed by atoms with van der Waals surface area (Å²) in [6.45, 7) is 5.17. The molecule has 7 nitrogen and oxygen atoms in total. The molecule has 0 aliphatic heterocycles. The lowest BCUT2D eigenvalue weighted by atomic mass is 10.3. The Balaban J connectivity index is 1.93. The topological polar surface area (TPSA) is 83.9 Å². The summed E-state index contributed by atoms with van der Waals surface area (Å²) >= 11 is 7.24. The number of hydrogen-bond donors (Lipinski definition) is 1. The third-order valence-corrected chi connectivity index (χ3v) is 5.01. The van der Waals surface area contributed by atoms with Gasteiger partial charge in [-0.05, 0) is 32.0 Å². The van der Waals surface area contributed by atoms with Crippen molar-refractivity contribution in [3.05, 3.63) is 45.8 Å². The van der Waals surface area contributed by atoms with Crippen LogP contribution >= 0.6 is 23.4 Å². The fourth-order valence-corrected chi connectivity index (χ4v) is 3.50. The van der Waals surface area contributed by atoms with Gasteiger partial charge in [0.25, 0.3) is 5.56 Å². The molecule has 0 saturated carbocycles. The predicted molar refractivity (Wildman–Crippen MR) is 103 cm³/mol. The van der Waals surface area contributed by atoms with Crippen LogP contribution in [0.2, 0.25) is 5.02 Å². The zero-order valence-corrected chi connectivity index (χ0v) is 16.0. The summed E-state index contributed by atoms with van der Waals surface area (Å²) in [6, 6.07) is 7.14. The van der Waals surface area contributed by atoms with E-state index in [1.807, 2.05) is 19.9 Å². The van der Waals surface area contributed by atoms with E-state index in [1.54, 1.807) is 27.8 Å². The molecule has 3 aromatic rings. The van der Waals surface area contributed by atoms with Gasteiger partial charge >= 0.3 is 0 Å². The number of hydrogen-bond acceptors (Lipinski definition) is 5. The number of nitrogens with one attached hydrogen (secondary N) is 1.